The van der Waals surface area contributed by atoms with Crippen LogP contribution in [0.2, 0.25) is 0 Å². The number of rotatable bonds is 4. The normalized spacial score (nSPS) is 29.9. The second-order valence-corrected chi connectivity index (χ2v) is 8.21. The molecule has 21 heavy (non-hydrogen) atoms. The number of nitrogens with zero attached hydrogens (tertiary/aromatic N) is 1. The van der Waals surface area contributed by atoms with Crippen molar-refractivity contribution in [2.45, 2.75) is 67.2 Å². The number of anilines is 1. The average molecular weight is 302 g/mol. The van der Waals surface area contributed by atoms with Gasteiger partial charge in [-0.2, -0.15) is 0 Å². The van der Waals surface area contributed by atoms with Crippen LogP contribution < -0.4 is 5.32 Å². The summed E-state index contributed by atoms with van der Waals surface area (Å²) in [4.78, 5) is 4.11. The highest BCUT2D eigenvalue weighted by atomic mass is 32.2. The van der Waals surface area contributed by atoms with Gasteiger partial charge in [0.15, 0.2) is 0 Å². The molecule has 2 atom stereocenters. The van der Waals surface area contributed by atoms with Gasteiger partial charge in [0.25, 0.3) is 0 Å². The van der Waals surface area contributed by atoms with E-state index in [2.05, 4.69) is 46.2 Å². The number of fused-ring (bicyclic) bond motifs is 1. The molecule has 2 aliphatic heterocycles. The van der Waals surface area contributed by atoms with Crippen LogP contribution in [0.25, 0.3) is 0 Å². The Morgan fingerprint density at radius 3 is 2.52 bits per heavy atom. The molecule has 3 fully saturated rings. The molecule has 1 aromatic rings. The molecule has 3 aliphatic rings. The molecule has 2 nitrogen and oxygen atoms in total. The highest BCUT2D eigenvalue weighted by molar-refractivity contribution is 8.00. The lowest BCUT2D eigenvalue weighted by Gasteiger charge is -2.22. The van der Waals surface area contributed by atoms with E-state index in [-0.39, 0.29) is 0 Å². The first-order valence-electron chi connectivity index (χ1n) is 8.66. The molecule has 0 amide bonds. The fourth-order valence-electron chi connectivity index (χ4n) is 4.29. The molecular formula is C18H26N2S. The SMILES string of the molecule is c1cc(SC2CCCC2)ccc1NC1CCN2CCCC12. The molecule has 1 aliphatic carbocycles. The van der Waals surface area contributed by atoms with E-state index in [4.69, 9.17) is 0 Å². The second kappa shape index (κ2) is 6.21. The fraction of sp³-hybridized carbons (Fsp3) is 0.667. The first kappa shape index (κ1) is 14.0. The second-order valence-electron chi connectivity index (χ2n) is 6.83. The Labute approximate surface area is 132 Å². The van der Waals surface area contributed by atoms with Crippen molar-refractivity contribution in [2.24, 2.45) is 0 Å². The number of benzene rings is 1. The molecule has 4 rings (SSSR count). The molecule has 0 spiro atoms. The van der Waals surface area contributed by atoms with Crippen molar-refractivity contribution in [1.29, 1.82) is 0 Å². The van der Waals surface area contributed by atoms with E-state index < -0.39 is 0 Å². The molecule has 0 radical (unpaired) electrons. The van der Waals surface area contributed by atoms with E-state index in [1.165, 1.54) is 68.6 Å². The molecule has 3 heteroatoms. The molecule has 1 saturated carbocycles. The monoisotopic (exact) mass is 302 g/mol. The molecule has 114 valence electrons. The van der Waals surface area contributed by atoms with Gasteiger partial charge in [-0.25, -0.2) is 0 Å². The maximum Gasteiger partial charge on any atom is 0.0429 e. The Hall–Kier alpha value is -0.670. The average Bonchev–Trinajstić information content (AvgIpc) is 3.21. The number of hydrogen-bond acceptors (Lipinski definition) is 3. The molecule has 2 unspecified atom stereocenters. The van der Waals surface area contributed by atoms with Crippen LogP contribution in [0.4, 0.5) is 5.69 Å². The molecule has 2 heterocycles. The predicted molar refractivity (Wildman–Crippen MR) is 91.2 cm³/mol. The Kier molecular flexibility index (Phi) is 4.13. The van der Waals surface area contributed by atoms with E-state index in [9.17, 15) is 0 Å². The van der Waals surface area contributed by atoms with Crippen molar-refractivity contribution < 1.29 is 0 Å². The third-order valence-electron chi connectivity index (χ3n) is 5.42. The maximum atomic E-state index is 3.78. The Bertz CT molecular complexity index is 467. The van der Waals surface area contributed by atoms with Gasteiger partial charge in [0.2, 0.25) is 0 Å². The number of thioether (sulfide) groups is 1. The van der Waals surface area contributed by atoms with Crippen molar-refractivity contribution in [3.8, 4) is 0 Å². The zero-order valence-corrected chi connectivity index (χ0v) is 13.6. The molecule has 0 bridgehead atoms. The predicted octanol–water partition coefficient (Wildman–Crippen LogP) is 4.37. The van der Waals surface area contributed by atoms with Crippen LogP contribution in [0.5, 0.6) is 0 Å². The highest BCUT2D eigenvalue weighted by Gasteiger charge is 2.36. The summed E-state index contributed by atoms with van der Waals surface area (Å²) in [5.41, 5.74) is 1.31. The van der Waals surface area contributed by atoms with Crippen LogP contribution in [0.3, 0.4) is 0 Å². The lowest BCUT2D eigenvalue weighted by Crippen LogP contribution is -2.33. The van der Waals surface area contributed by atoms with E-state index >= 15 is 0 Å². The zero-order chi connectivity index (χ0) is 14.1. The van der Waals surface area contributed by atoms with Crippen molar-refractivity contribution >= 4 is 17.4 Å². The van der Waals surface area contributed by atoms with Gasteiger partial charge in [0.1, 0.15) is 0 Å². The van der Waals surface area contributed by atoms with Gasteiger partial charge >= 0.3 is 0 Å². The van der Waals surface area contributed by atoms with Crippen molar-refractivity contribution in [3.63, 3.8) is 0 Å². The Balaban J connectivity index is 1.35. The summed E-state index contributed by atoms with van der Waals surface area (Å²) >= 11 is 2.08. The summed E-state index contributed by atoms with van der Waals surface area (Å²) < 4.78 is 0. The largest absolute Gasteiger partial charge is 0.381 e. The van der Waals surface area contributed by atoms with E-state index in [1.807, 2.05) is 0 Å². The first-order valence-corrected chi connectivity index (χ1v) is 9.54. The minimum atomic E-state index is 0.667. The summed E-state index contributed by atoms with van der Waals surface area (Å²) in [7, 11) is 0. The van der Waals surface area contributed by atoms with E-state index in [0.717, 1.165) is 11.3 Å². The van der Waals surface area contributed by atoms with Crippen LogP contribution in [-0.2, 0) is 0 Å². The minimum Gasteiger partial charge on any atom is -0.381 e. The van der Waals surface area contributed by atoms with Crippen LogP contribution >= 0.6 is 11.8 Å². The quantitative estimate of drug-likeness (QED) is 0.889. The standard InChI is InChI=1S/C18H26N2S/c1-2-5-15(4-1)21-16-9-7-14(8-10-16)19-17-11-13-20-12-3-6-18(17)20/h7-10,15,17-19H,1-6,11-13H2. The van der Waals surface area contributed by atoms with Gasteiger partial charge in [-0.05, 0) is 62.9 Å². The van der Waals surface area contributed by atoms with Crippen LogP contribution in [0.1, 0.15) is 44.9 Å². The molecular weight excluding hydrogens is 276 g/mol. The van der Waals surface area contributed by atoms with Crippen LogP contribution in [0, 0.1) is 0 Å². The topological polar surface area (TPSA) is 15.3 Å². The van der Waals surface area contributed by atoms with Crippen molar-refractivity contribution in [1.82, 2.24) is 4.90 Å². The zero-order valence-electron chi connectivity index (χ0n) is 12.8. The van der Waals surface area contributed by atoms with E-state index in [1.54, 1.807) is 0 Å². The maximum absolute atomic E-state index is 3.78. The van der Waals surface area contributed by atoms with Gasteiger partial charge in [0, 0.05) is 34.5 Å². The number of hydrogen-bond donors (Lipinski definition) is 1. The summed E-state index contributed by atoms with van der Waals surface area (Å²) in [5, 5.41) is 4.65. The lowest BCUT2D eigenvalue weighted by atomic mass is 10.1. The van der Waals surface area contributed by atoms with Gasteiger partial charge in [-0.3, -0.25) is 4.90 Å². The van der Waals surface area contributed by atoms with Crippen LogP contribution in [0.15, 0.2) is 29.2 Å². The van der Waals surface area contributed by atoms with Gasteiger partial charge in [-0.1, -0.05) is 12.8 Å². The minimum absolute atomic E-state index is 0.667. The van der Waals surface area contributed by atoms with Crippen LogP contribution in [-0.4, -0.2) is 35.3 Å². The summed E-state index contributed by atoms with van der Waals surface area (Å²) in [6, 6.07) is 10.7. The van der Waals surface area contributed by atoms with Gasteiger partial charge < -0.3 is 5.32 Å². The highest BCUT2D eigenvalue weighted by Crippen LogP contribution is 2.35. The molecule has 1 aromatic carbocycles. The molecule has 0 aromatic heterocycles. The van der Waals surface area contributed by atoms with E-state index in [0.29, 0.717) is 6.04 Å². The fourth-order valence-corrected chi connectivity index (χ4v) is 5.54. The Morgan fingerprint density at radius 2 is 1.71 bits per heavy atom. The molecule has 2 saturated heterocycles. The third-order valence-corrected chi connectivity index (χ3v) is 6.77. The summed E-state index contributed by atoms with van der Waals surface area (Å²) in [5.74, 6) is 0. The third kappa shape index (κ3) is 3.09. The van der Waals surface area contributed by atoms with Gasteiger partial charge in [0.05, 0.1) is 0 Å². The smallest absolute Gasteiger partial charge is 0.0429 e. The van der Waals surface area contributed by atoms with Crippen molar-refractivity contribution in [3.05, 3.63) is 24.3 Å². The lowest BCUT2D eigenvalue weighted by molar-refractivity contribution is 0.318. The number of nitrogens with one attached hydrogen (secondary N) is 1. The summed E-state index contributed by atoms with van der Waals surface area (Å²) in [6.45, 7) is 2.61. The molecule has 1 N–H and O–H groups in total. The summed E-state index contributed by atoms with van der Waals surface area (Å²) in [6.07, 6.45) is 9.75. The Morgan fingerprint density at radius 1 is 0.905 bits per heavy atom. The van der Waals surface area contributed by atoms with Gasteiger partial charge in [-0.15, -0.1) is 11.8 Å². The van der Waals surface area contributed by atoms with Crippen molar-refractivity contribution in [2.75, 3.05) is 18.4 Å². The first-order chi connectivity index (χ1) is 10.4.